The first-order valence-corrected chi connectivity index (χ1v) is 4.76. The first-order valence-electron chi connectivity index (χ1n) is 4.38. The van der Waals surface area contributed by atoms with Crippen molar-refractivity contribution in [2.45, 2.75) is 13.0 Å². The molecule has 0 spiro atoms. The van der Waals surface area contributed by atoms with Crippen molar-refractivity contribution in [1.29, 1.82) is 5.26 Å². The Balaban J connectivity index is 2.48. The summed E-state index contributed by atoms with van der Waals surface area (Å²) in [5, 5.41) is 9.11. The van der Waals surface area contributed by atoms with Gasteiger partial charge in [0.05, 0.1) is 11.8 Å². The Morgan fingerprint density at radius 2 is 2.43 bits per heavy atom. The fourth-order valence-electron chi connectivity index (χ4n) is 1.13. The molecule has 0 unspecified atom stereocenters. The number of rotatable bonds is 4. The van der Waals surface area contributed by atoms with E-state index in [0.717, 1.165) is 18.8 Å². The van der Waals surface area contributed by atoms with Gasteiger partial charge in [-0.1, -0.05) is 11.6 Å². The van der Waals surface area contributed by atoms with Crippen molar-refractivity contribution >= 4 is 11.6 Å². The predicted molar refractivity (Wildman–Crippen MR) is 55.8 cm³/mol. The number of nitriles is 1. The fraction of sp³-hybridized carbons (Fsp3) is 0.400. The van der Waals surface area contributed by atoms with Gasteiger partial charge < -0.3 is 0 Å². The predicted octanol–water partition coefficient (Wildman–Crippen LogP) is 2.08. The van der Waals surface area contributed by atoms with Crippen LogP contribution in [-0.2, 0) is 6.54 Å². The van der Waals surface area contributed by atoms with Crippen molar-refractivity contribution in [3.63, 3.8) is 0 Å². The summed E-state index contributed by atoms with van der Waals surface area (Å²) in [5.74, 6) is 0. The van der Waals surface area contributed by atoms with Crippen molar-refractivity contribution in [2.24, 2.45) is 0 Å². The molecule has 0 saturated heterocycles. The van der Waals surface area contributed by atoms with E-state index in [-0.39, 0.29) is 0 Å². The molecule has 0 aliphatic carbocycles. The molecule has 4 heteroatoms. The summed E-state index contributed by atoms with van der Waals surface area (Å²) in [7, 11) is 1.96. The van der Waals surface area contributed by atoms with Crippen LogP contribution in [0.4, 0.5) is 0 Å². The van der Waals surface area contributed by atoms with Crippen LogP contribution in [0.1, 0.15) is 12.1 Å². The highest BCUT2D eigenvalue weighted by molar-refractivity contribution is 6.30. The van der Waals surface area contributed by atoms with E-state index in [0.29, 0.717) is 11.4 Å². The van der Waals surface area contributed by atoms with Gasteiger partial charge in [-0.2, -0.15) is 5.26 Å². The molecule has 1 heterocycles. The van der Waals surface area contributed by atoms with Gasteiger partial charge in [-0.25, -0.2) is 0 Å². The molecule has 1 aromatic rings. The van der Waals surface area contributed by atoms with Crippen LogP contribution >= 0.6 is 11.6 Å². The SMILES string of the molecule is CN(CCC#N)Cc1cc(Cl)ccn1. The molecule has 0 fully saturated rings. The second kappa shape index (κ2) is 5.58. The molecular weight excluding hydrogens is 198 g/mol. The van der Waals surface area contributed by atoms with Crippen LogP contribution in [0.2, 0.25) is 5.02 Å². The van der Waals surface area contributed by atoms with Gasteiger partial charge in [-0.05, 0) is 19.2 Å². The molecule has 0 aliphatic heterocycles. The van der Waals surface area contributed by atoms with Gasteiger partial charge in [0.1, 0.15) is 0 Å². The lowest BCUT2D eigenvalue weighted by Gasteiger charge is -2.13. The van der Waals surface area contributed by atoms with Crippen LogP contribution in [0.25, 0.3) is 0 Å². The Hall–Kier alpha value is -1.11. The highest BCUT2D eigenvalue weighted by atomic mass is 35.5. The normalized spacial score (nSPS) is 10.1. The van der Waals surface area contributed by atoms with Gasteiger partial charge in [-0.15, -0.1) is 0 Å². The quantitative estimate of drug-likeness (QED) is 0.763. The van der Waals surface area contributed by atoms with E-state index in [1.807, 2.05) is 18.0 Å². The van der Waals surface area contributed by atoms with Gasteiger partial charge in [0.2, 0.25) is 0 Å². The minimum Gasteiger partial charge on any atom is -0.300 e. The number of pyridine rings is 1. The van der Waals surface area contributed by atoms with Crippen LogP contribution in [0.15, 0.2) is 18.3 Å². The zero-order chi connectivity index (χ0) is 10.4. The highest BCUT2D eigenvalue weighted by Gasteiger charge is 2.01. The second-order valence-corrected chi connectivity index (χ2v) is 3.55. The second-order valence-electron chi connectivity index (χ2n) is 3.11. The van der Waals surface area contributed by atoms with E-state index in [2.05, 4.69) is 11.1 Å². The van der Waals surface area contributed by atoms with Gasteiger partial charge in [-0.3, -0.25) is 9.88 Å². The molecule has 14 heavy (non-hydrogen) atoms. The summed E-state index contributed by atoms with van der Waals surface area (Å²) < 4.78 is 0. The monoisotopic (exact) mass is 209 g/mol. The minimum atomic E-state index is 0.539. The summed E-state index contributed by atoms with van der Waals surface area (Å²) in [5.41, 5.74) is 0.929. The largest absolute Gasteiger partial charge is 0.300 e. The molecule has 1 rings (SSSR count). The molecular formula is C10H12ClN3. The lowest BCUT2D eigenvalue weighted by Crippen LogP contribution is -2.19. The highest BCUT2D eigenvalue weighted by Crippen LogP contribution is 2.09. The zero-order valence-corrected chi connectivity index (χ0v) is 8.83. The third-order valence-corrected chi connectivity index (χ3v) is 2.05. The average Bonchev–Trinajstić information content (AvgIpc) is 2.15. The fourth-order valence-corrected chi connectivity index (χ4v) is 1.31. The number of hydrogen-bond donors (Lipinski definition) is 0. The lowest BCUT2D eigenvalue weighted by molar-refractivity contribution is 0.331. The van der Waals surface area contributed by atoms with Crippen molar-refractivity contribution in [3.8, 4) is 6.07 Å². The Morgan fingerprint density at radius 3 is 3.07 bits per heavy atom. The third-order valence-electron chi connectivity index (χ3n) is 1.82. The molecule has 0 radical (unpaired) electrons. The Kier molecular flexibility index (Phi) is 4.37. The van der Waals surface area contributed by atoms with Crippen molar-refractivity contribution < 1.29 is 0 Å². The van der Waals surface area contributed by atoms with Gasteiger partial charge in [0, 0.05) is 30.7 Å². The summed E-state index contributed by atoms with van der Waals surface area (Å²) in [6, 6.07) is 5.70. The molecule has 0 N–H and O–H groups in total. The topological polar surface area (TPSA) is 39.9 Å². The van der Waals surface area contributed by atoms with Gasteiger partial charge >= 0.3 is 0 Å². The van der Waals surface area contributed by atoms with Crippen molar-refractivity contribution in [2.75, 3.05) is 13.6 Å². The molecule has 1 aromatic heterocycles. The number of halogens is 1. The van der Waals surface area contributed by atoms with Gasteiger partial charge in [0.25, 0.3) is 0 Å². The Morgan fingerprint density at radius 1 is 1.64 bits per heavy atom. The third kappa shape index (κ3) is 3.73. The molecule has 0 aliphatic rings. The molecule has 3 nitrogen and oxygen atoms in total. The Labute approximate surface area is 88.9 Å². The van der Waals surface area contributed by atoms with E-state index in [1.165, 1.54) is 0 Å². The molecule has 0 bridgehead atoms. The van der Waals surface area contributed by atoms with E-state index < -0.39 is 0 Å². The van der Waals surface area contributed by atoms with Crippen LogP contribution < -0.4 is 0 Å². The number of aromatic nitrogens is 1. The number of hydrogen-bond acceptors (Lipinski definition) is 3. The molecule has 0 saturated carbocycles. The first kappa shape index (κ1) is 11.0. The molecule has 0 atom stereocenters. The summed E-state index contributed by atoms with van der Waals surface area (Å²) in [6.07, 6.45) is 2.23. The van der Waals surface area contributed by atoms with E-state index >= 15 is 0 Å². The minimum absolute atomic E-state index is 0.539. The van der Waals surface area contributed by atoms with E-state index in [9.17, 15) is 0 Å². The lowest BCUT2D eigenvalue weighted by atomic mass is 10.3. The number of nitrogens with zero attached hydrogens (tertiary/aromatic N) is 3. The smallest absolute Gasteiger partial charge is 0.0635 e. The summed E-state index contributed by atoms with van der Waals surface area (Å²) in [4.78, 5) is 6.22. The summed E-state index contributed by atoms with van der Waals surface area (Å²) >= 11 is 5.82. The van der Waals surface area contributed by atoms with Crippen LogP contribution in [0.5, 0.6) is 0 Å². The van der Waals surface area contributed by atoms with Crippen LogP contribution in [0.3, 0.4) is 0 Å². The van der Waals surface area contributed by atoms with Crippen LogP contribution in [0, 0.1) is 11.3 Å². The average molecular weight is 210 g/mol. The van der Waals surface area contributed by atoms with Crippen LogP contribution in [-0.4, -0.2) is 23.5 Å². The van der Waals surface area contributed by atoms with Crippen molar-refractivity contribution in [1.82, 2.24) is 9.88 Å². The molecule has 74 valence electrons. The maximum atomic E-state index is 8.41. The standard InChI is InChI=1S/C10H12ClN3/c1-14(6-2-4-12)8-10-7-9(11)3-5-13-10/h3,5,7H,2,6,8H2,1H3. The maximum absolute atomic E-state index is 8.41. The van der Waals surface area contributed by atoms with Gasteiger partial charge in [0.15, 0.2) is 0 Å². The van der Waals surface area contributed by atoms with Crippen molar-refractivity contribution in [3.05, 3.63) is 29.0 Å². The summed E-state index contributed by atoms with van der Waals surface area (Å²) in [6.45, 7) is 1.48. The first-order chi connectivity index (χ1) is 6.72. The Bertz CT molecular complexity index is 332. The van der Waals surface area contributed by atoms with E-state index in [1.54, 1.807) is 12.3 Å². The molecule has 0 amide bonds. The van der Waals surface area contributed by atoms with E-state index in [4.69, 9.17) is 16.9 Å². The maximum Gasteiger partial charge on any atom is 0.0635 e. The zero-order valence-electron chi connectivity index (χ0n) is 8.07. The molecule has 0 aromatic carbocycles.